The van der Waals surface area contributed by atoms with Gasteiger partial charge in [0.2, 0.25) is 0 Å². The lowest BCUT2D eigenvalue weighted by Gasteiger charge is -2.06. The number of aromatic nitrogens is 1. The highest BCUT2D eigenvalue weighted by Gasteiger charge is 2.17. The lowest BCUT2D eigenvalue weighted by molar-refractivity contribution is -0.383. The Morgan fingerprint density at radius 1 is 1.35 bits per heavy atom. The average molecular weight is 357 g/mol. The van der Waals surface area contributed by atoms with Gasteiger partial charge in [0.1, 0.15) is 5.69 Å². The molecule has 20 heavy (non-hydrogen) atoms. The fourth-order valence-corrected chi connectivity index (χ4v) is 2.02. The third-order valence-electron chi connectivity index (χ3n) is 2.37. The number of carbonyl (C=O) groups is 1. The lowest BCUT2D eigenvalue weighted by Crippen LogP contribution is -2.13. The van der Waals surface area contributed by atoms with Crippen molar-refractivity contribution in [1.29, 1.82) is 0 Å². The molecule has 1 amide bonds. The number of nitrogens with one attached hydrogen (secondary N) is 1. The number of rotatable bonds is 3. The van der Waals surface area contributed by atoms with Crippen molar-refractivity contribution in [2.24, 2.45) is 0 Å². The Bertz CT molecular complexity index is 693. The minimum absolute atomic E-state index is 0.0735. The van der Waals surface area contributed by atoms with Crippen LogP contribution in [0.4, 0.5) is 11.4 Å². The Morgan fingerprint density at radius 2 is 2.10 bits per heavy atom. The summed E-state index contributed by atoms with van der Waals surface area (Å²) >= 11 is 8.90. The summed E-state index contributed by atoms with van der Waals surface area (Å²) in [6.45, 7) is 0. The van der Waals surface area contributed by atoms with Gasteiger partial charge in [0.15, 0.2) is 0 Å². The van der Waals surface area contributed by atoms with Gasteiger partial charge in [0.05, 0.1) is 10.5 Å². The van der Waals surface area contributed by atoms with E-state index in [1.54, 1.807) is 6.07 Å². The quantitative estimate of drug-likeness (QED) is 0.672. The van der Waals surface area contributed by atoms with E-state index < -0.39 is 10.8 Å². The second-order valence-corrected chi connectivity index (χ2v) is 5.12. The van der Waals surface area contributed by atoms with Crippen LogP contribution in [-0.2, 0) is 0 Å². The van der Waals surface area contributed by atoms with E-state index >= 15 is 0 Å². The highest BCUT2D eigenvalue weighted by atomic mass is 79.9. The van der Waals surface area contributed by atoms with Crippen LogP contribution in [0.1, 0.15) is 10.4 Å². The Hall–Kier alpha value is -1.99. The van der Waals surface area contributed by atoms with Crippen LogP contribution in [0.3, 0.4) is 0 Å². The topological polar surface area (TPSA) is 85.1 Å². The fraction of sp³-hybridized carbons (Fsp3) is 0. The summed E-state index contributed by atoms with van der Waals surface area (Å²) in [5.41, 5.74) is 0.0850. The monoisotopic (exact) mass is 355 g/mol. The molecule has 102 valence electrons. The molecule has 0 aliphatic heterocycles. The minimum Gasteiger partial charge on any atom is -0.316 e. The third-order valence-corrected chi connectivity index (χ3v) is 3.04. The van der Waals surface area contributed by atoms with Crippen LogP contribution in [0.5, 0.6) is 0 Å². The van der Waals surface area contributed by atoms with Crippen LogP contribution in [0.15, 0.2) is 41.1 Å². The fourth-order valence-electron chi connectivity index (χ4n) is 1.49. The summed E-state index contributed by atoms with van der Waals surface area (Å²) in [5.74, 6) is -0.496. The van der Waals surface area contributed by atoms with Crippen LogP contribution in [-0.4, -0.2) is 15.8 Å². The molecule has 0 bridgehead atoms. The lowest BCUT2D eigenvalue weighted by atomic mass is 10.2. The SMILES string of the molecule is O=C(Nc1ccc(Cl)cc1[N+](=O)[O-])c1cncc(Br)c1. The molecule has 0 radical (unpaired) electrons. The number of anilines is 1. The molecule has 0 spiro atoms. The Balaban J connectivity index is 2.30. The van der Waals surface area contributed by atoms with E-state index in [-0.39, 0.29) is 22.0 Å². The molecule has 8 heteroatoms. The second-order valence-electron chi connectivity index (χ2n) is 3.76. The highest BCUT2D eigenvalue weighted by Crippen LogP contribution is 2.28. The van der Waals surface area contributed by atoms with E-state index in [1.165, 1.54) is 30.6 Å². The number of hydrogen-bond donors (Lipinski definition) is 1. The molecule has 0 unspecified atom stereocenters. The second kappa shape index (κ2) is 5.98. The number of nitrogens with zero attached hydrogens (tertiary/aromatic N) is 2. The molecule has 2 rings (SSSR count). The standard InChI is InChI=1S/C12H7BrClN3O3/c13-8-3-7(5-15-6-8)12(18)16-10-2-1-9(14)4-11(10)17(19)20/h1-6H,(H,16,18). The van der Waals surface area contributed by atoms with Crippen molar-refractivity contribution in [3.63, 3.8) is 0 Å². The van der Waals surface area contributed by atoms with E-state index in [2.05, 4.69) is 26.2 Å². The van der Waals surface area contributed by atoms with Crippen molar-refractivity contribution in [3.05, 3.63) is 61.8 Å². The van der Waals surface area contributed by atoms with Gasteiger partial charge in [-0.25, -0.2) is 0 Å². The van der Waals surface area contributed by atoms with Crippen molar-refractivity contribution in [3.8, 4) is 0 Å². The number of nitro benzene ring substituents is 1. The van der Waals surface area contributed by atoms with Gasteiger partial charge in [-0.2, -0.15) is 0 Å². The number of nitro groups is 1. The molecular formula is C12H7BrClN3O3. The van der Waals surface area contributed by atoms with E-state index in [9.17, 15) is 14.9 Å². The predicted molar refractivity (Wildman–Crippen MR) is 78.0 cm³/mol. The number of benzene rings is 1. The summed E-state index contributed by atoms with van der Waals surface area (Å²) in [6.07, 6.45) is 2.89. The van der Waals surface area contributed by atoms with Crippen molar-refractivity contribution >= 4 is 44.8 Å². The molecule has 0 aliphatic rings. The van der Waals surface area contributed by atoms with Crippen LogP contribution in [0, 0.1) is 10.1 Å². The summed E-state index contributed by atoms with van der Waals surface area (Å²) in [5, 5.41) is 13.6. The van der Waals surface area contributed by atoms with Gasteiger partial charge in [-0.1, -0.05) is 11.6 Å². The molecular weight excluding hydrogens is 350 g/mol. The molecule has 2 aromatic rings. The smallest absolute Gasteiger partial charge is 0.294 e. The summed E-state index contributed by atoms with van der Waals surface area (Å²) in [7, 11) is 0. The summed E-state index contributed by atoms with van der Waals surface area (Å²) in [4.78, 5) is 26.2. The van der Waals surface area contributed by atoms with Gasteiger partial charge in [-0.05, 0) is 34.1 Å². The first-order chi connectivity index (χ1) is 9.47. The number of hydrogen-bond acceptors (Lipinski definition) is 4. The maximum Gasteiger partial charge on any atom is 0.294 e. The number of carbonyl (C=O) groups excluding carboxylic acids is 1. The molecule has 6 nitrogen and oxygen atoms in total. The maximum atomic E-state index is 12.0. The largest absolute Gasteiger partial charge is 0.316 e. The van der Waals surface area contributed by atoms with Crippen LogP contribution in [0.2, 0.25) is 5.02 Å². The zero-order chi connectivity index (χ0) is 14.7. The number of halogens is 2. The van der Waals surface area contributed by atoms with Crippen LogP contribution < -0.4 is 5.32 Å². The van der Waals surface area contributed by atoms with Crippen molar-refractivity contribution in [2.45, 2.75) is 0 Å². The molecule has 0 fully saturated rings. The van der Waals surface area contributed by atoms with Crippen molar-refractivity contribution in [1.82, 2.24) is 4.98 Å². The molecule has 1 aromatic carbocycles. The highest BCUT2D eigenvalue weighted by molar-refractivity contribution is 9.10. The Morgan fingerprint density at radius 3 is 2.75 bits per heavy atom. The van der Waals surface area contributed by atoms with Gasteiger partial charge < -0.3 is 5.32 Å². The normalized spacial score (nSPS) is 10.1. The van der Waals surface area contributed by atoms with Crippen LogP contribution >= 0.6 is 27.5 Å². The Kier molecular flexibility index (Phi) is 4.31. The van der Waals surface area contributed by atoms with Crippen molar-refractivity contribution < 1.29 is 9.72 Å². The van der Waals surface area contributed by atoms with Gasteiger partial charge in [-0.15, -0.1) is 0 Å². The van der Waals surface area contributed by atoms with E-state index in [0.717, 1.165) is 0 Å². The molecule has 0 atom stereocenters. The predicted octanol–water partition coefficient (Wildman–Crippen LogP) is 3.66. The Labute approximate surface area is 127 Å². The first-order valence-corrected chi connectivity index (χ1v) is 6.50. The average Bonchev–Trinajstić information content (AvgIpc) is 2.40. The summed E-state index contributed by atoms with van der Waals surface area (Å²) in [6, 6.07) is 5.58. The third kappa shape index (κ3) is 3.31. The first-order valence-electron chi connectivity index (χ1n) is 5.33. The van der Waals surface area contributed by atoms with E-state index in [0.29, 0.717) is 4.47 Å². The van der Waals surface area contributed by atoms with Gasteiger partial charge in [0, 0.05) is 28.0 Å². The van der Waals surface area contributed by atoms with E-state index in [1.807, 2.05) is 0 Å². The van der Waals surface area contributed by atoms with Gasteiger partial charge in [-0.3, -0.25) is 19.9 Å². The zero-order valence-electron chi connectivity index (χ0n) is 9.84. The van der Waals surface area contributed by atoms with E-state index in [4.69, 9.17) is 11.6 Å². The minimum atomic E-state index is -0.610. The molecule has 0 aliphatic carbocycles. The van der Waals surface area contributed by atoms with Gasteiger partial charge >= 0.3 is 0 Å². The molecule has 1 heterocycles. The number of pyridine rings is 1. The molecule has 1 N–H and O–H groups in total. The van der Waals surface area contributed by atoms with Crippen LogP contribution in [0.25, 0.3) is 0 Å². The maximum absolute atomic E-state index is 12.0. The molecule has 1 aromatic heterocycles. The molecule has 0 saturated heterocycles. The summed E-state index contributed by atoms with van der Waals surface area (Å²) < 4.78 is 0.635. The first kappa shape index (κ1) is 14.4. The zero-order valence-corrected chi connectivity index (χ0v) is 12.2. The van der Waals surface area contributed by atoms with Gasteiger partial charge in [0.25, 0.3) is 11.6 Å². The number of amides is 1. The van der Waals surface area contributed by atoms with Crippen molar-refractivity contribution in [2.75, 3.05) is 5.32 Å². The molecule has 0 saturated carbocycles.